The van der Waals surface area contributed by atoms with Gasteiger partial charge in [-0.2, -0.15) is 0 Å². The van der Waals surface area contributed by atoms with Crippen LogP contribution in [0.25, 0.3) is 66.1 Å². The van der Waals surface area contributed by atoms with Gasteiger partial charge in [-0.05, 0) is 87.0 Å². The normalized spacial score (nSPS) is 14.8. The average Bonchev–Trinajstić information content (AvgIpc) is 3.64. The Labute approximate surface area is 296 Å². The van der Waals surface area contributed by atoms with Gasteiger partial charge < -0.3 is 9.32 Å². The second-order valence-electron chi connectivity index (χ2n) is 11.2. The van der Waals surface area contributed by atoms with Crippen LogP contribution >= 0.6 is 0 Å². The Bertz CT molecular complexity index is 3170. The number of anilines is 3. The maximum absolute atomic E-state index is 9.50. The smallest absolute Gasteiger partial charge is 0.143 e. The van der Waals surface area contributed by atoms with E-state index in [0.29, 0.717) is 27.7 Å². The minimum absolute atomic E-state index is 0.0469. The number of rotatable bonds is 6. The monoisotopic (exact) mass is 625 g/mol. The molecule has 48 heavy (non-hydrogen) atoms. The summed E-state index contributed by atoms with van der Waals surface area (Å²) in [6, 6.07) is 26.3. The van der Waals surface area contributed by atoms with E-state index in [0.717, 1.165) is 21.1 Å². The van der Waals surface area contributed by atoms with Crippen molar-refractivity contribution in [3.8, 4) is 33.4 Å². The lowest BCUT2D eigenvalue weighted by molar-refractivity contribution is 0.670. The molecule has 9 rings (SSSR count). The fraction of sp³-hybridized carbons (Fsp3) is 0. The quantitative estimate of drug-likeness (QED) is 0.183. The first-order valence-corrected chi connectivity index (χ1v) is 15.4. The molecule has 0 N–H and O–H groups in total. The van der Waals surface area contributed by atoms with E-state index in [1.165, 1.54) is 0 Å². The largest absolute Gasteiger partial charge is 0.455 e. The van der Waals surface area contributed by atoms with Crippen LogP contribution in [0.2, 0.25) is 0 Å². The fourth-order valence-corrected chi connectivity index (χ4v) is 5.91. The lowest BCUT2D eigenvalue weighted by Gasteiger charge is -2.26. The summed E-state index contributed by atoms with van der Waals surface area (Å²) in [6.45, 7) is 0. The lowest BCUT2D eigenvalue weighted by atomic mass is 10.00. The molecule has 1 aromatic heterocycles. The number of hydrogen-bond acceptors (Lipinski definition) is 2. The molecular formula is C46H31NO. The molecule has 0 aliphatic carbocycles. The zero-order valence-corrected chi connectivity index (χ0v) is 25.3. The van der Waals surface area contributed by atoms with E-state index >= 15 is 0 Å². The molecule has 226 valence electrons. The van der Waals surface area contributed by atoms with Gasteiger partial charge in [0.1, 0.15) is 11.2 Å². The highest BCUT2D eigenvalue weighted by Crippen LogP contribution is 2.40. The summed E-state index contributed by atoms with van der Waals surface area (Å²) < 4.78 is 118. The second-order valence-corrected chi connectivity index (χ2v) is 11.2. The molecule has 0 atom stereocenters. The van der Waals surface area contributed by atoms with Crippen LogP contribution in [0.3, 0.4) is 0 Å². The maximum Gasteiger partial charge on any atom is 0.143 e. The number of furan rings is 1. The summed E-state index contributed by atoms with van der Waals surface area (Å²) in [7, 11) is 0. The second kappa shape index (κ2) is 11.8. The molecule has 1 heterocycles. The first-order chi connectivity index (χ1) is 28.8. The van der Waals surface area contributed by atoms with Gasteiger partial charge in [-0.3, -0.25) is 0 Å². The van der Waals surface area contributed by atoms with Crippen molar-refractivity contribution >= 4 is 49.8 Å². The van der Waals surface area contributed by atoms with Crippen LogP contribution in [0.15, 0.2) is 192 Å². The van der Waals surface area contributed by atoms with E-state index in [1.807, 2.05) is 48.5 Å². The van der Waals surface area contributed by atoms with Crippen molar-refractivity contribution in [1.29, 1.82) is 0 Å². The highest BCUT2D eigenvalue weighted by Gasteiger charge is 2.16. The molecule has 9 aromatic rings. The van der Waals surface area contributed by atoms with E-state index in [-0.39, 0.29) is 22.3 Å². The number of para-hydroxylation sites is 2. The van der Waals surface area contributed by atoms with Crippen LogP contribution in [-0.4, -0.2) is 0 Å². The first-order valence-electron chi connectivity index (χ1n) is 21.4. The van der Waals surface area contributed by atoms with E-state index in [9.17, 15) is 13.7 Å². The van der Waals surface area contributed by atoms with Crippen molar-refractivity contribution < 1.29 is 20.9 Å². The molecule has 0 unspecified atom stereocenters. The fourth-order valence-electron chi connectivity index (χ4n) is 5.91. The number of benzene rings is 8. The molecule has 0 fully saturated rings. The van der Waals surface area contributed by atoms with Crippen molar-refractivity contribution in [3.05, 3.63) is 188 Å². The molecule has 2 nitrogen and oxygen atoms in total. The van der Waals surface area contributed by atoms with Gasteiger partial charge in [0.15, 0.2) is 0 Å². The SMILES string of the molecule is [2H]c1c([2H])c(N(c2c([2H])c([2H])c(-c3ccc4ccccc4c3)c([2H])c2[2H])c2c([2H])c([2H])c(-c3cccc4c3oc3ccccc34)c([2H])c2[2H])c([2H])c([2H])c1-c1ccccc1. The average molecular weight is 626 g/mol. The lowest BCUT2D eigenvalue weighted by Crippen LogP contribution is -2.09. The van der Waals surface area contributed by atoms with E-state index < -0.39 is 89.6 Å². The van der Waals surface area contributed by atoms with Crippen molar-refractivity contribution in [2.24, 2.45) is 0 Å². The minimum atomic E-state index is -0.696. The number of hydrogen-bond donors (Lipinski definition) is 0. The molecular weight excluding hydrogens is 583 g/mol. The van der Waals surface area contributed by atoms with Crippen molar-refractivity contribution in [1.82, 2.24) is 0 Å². The highest BCUT2D eigenvalue weighted by atomic mass is 16.3. The third kappa shape index (κ3) is 5.01. The van der Waals surface area contributed by atoms with Crippen molar-refractivity contribution in [2.75, 3.05) is 4.90 Å². The summed E-state index contributed by atoms with van der Waals surface area (Å²) in [6.07, 6.45) is 0. The van der Waals surface area contributed by atoms with E-state index in [4.69, 9.17) is 7.16 Å². The predicted octanol–water partition coefficient (Wildman–Crippen LogP) is 13.2. The molecule has 0 bridgehead atoms. The Morgan fingerprint density at radius 1 is 0.396 bits per heavy atom. The maximum atomic E-state index is 9.50. The van der Waals surface area contributed by atoms with Crippen LogP contribution in [0.1, 0.15) is 16.4 Å². The third-order valence-electron chi connectivity index (χ3n) is 8.28. The van der Waals surface area contributed by atoms with Crippen LogP contribution < -0.4 is 4.90 Å². The molecule has 0 spiro atoms. The van der Waals surface area contributed by atoms with Gasteiger partial charge in [0.05, 0.1) is 16.4 Å². The zero-order valence-electron chi connectivity index (χ0n) is 37.3. The third-order valence-corrected chi connectivity index (χ3v) is 8.28. The molecule has 0 amide bonds. The number of fused-ring (bicyclic) bond motifs is 4. The van der Waals surface area contributed by atoms with E-state index in [2.05, 4.69) is 0 Å². The Morgan fingerprint density at radius 3 is 1.67 bits per heavy atom. The summed E-state index contributed by atoms with van der Waals surface area (Å²) in [5.74, 6) is 0. The van der Waals surface area contributed by atoms with Gasteiger partial charge in [-0.1, -0.05) is 139 Å². The Kier molecular flexibility index (Phi) is 4.43. The molecule has 0 saturated heterocycles. The predicted molar refractivity (Wildman–Crippen MR) is 202 cm³/mol. The van der Waals surface area contributed by atoms with Gasteiger partial charge in [-0.15, -0.1) is 0 Å². The van der Waals surface area contributed by atoms with Crippen LogP contribution in [-0.2, 0) is 0 Å². The van der Waals surface area contributed by atoms with Gasteiger partial charge in [-0.25, -0.2) is 0 Å². The summed E-state index contributed by atoms with van der Waals surface area (Å²) in [5, 5.41) is 3.15. The van der Waals surface area contributed by atoms with Gasteiger partial charge in [0.2, 0.25) is 0 Å². The topological polar surface area (TPSA) is 16.4 Å². The minimum Gasteiger partial charge on any atom is -0.455 e. The van der Waals surface area contributed by atoms with Crippen molar-refractivity contribution in [3.63, 3.8) is 0 Å². The van der Waals surface area contributed by atoms with Gasteiger partial charge >= 0.3 is 0 Å². The first kappa shape index (κ1) is 18.1. The van der Waals surface area contributed by atoms with Gasteiger partial charge in [0, 0.05) is 33.4 Å². The Morgan fingerprint density at radius 2 is 0.958 bits per heavy atom. The standard InChI is InChI=1S/C46H31NO/c1-2-9-32(10-3-1)34-19-25-39(26-20-34)47(40-27-21-35(22-28-40)38-18-17-33-11-4-5-12-37(33)31-38)41-29-23-36(24-30-41)42-14-8-15-44-43-13-6-7-16-45(43)48-46(42)44/h1-31H/i19D,20D,21D,22D,23D,24D,25D,26D,27D,28D,29D,30D. The Balaban J connectivity index is 1.36. The van der Waals surface area contributed by atoms with Gasteiger partial charge in [0.25, 0.3) is 0 Å². The van der Waals surface area contributed by atoms with Crippen molar-refractivity contribution in [2.45, 2.75) is 0 Å². The van der Waals surface area contributed by atoms with Crippen LogP contribution in [0.5, 0.6) is 0 Å². The molecule has 8 aromatic carbocycles. The zero-order chi connectivity index (χ0) is 42.3. The summed E-state index contributed by atoms with van der Waals surface area (Å²) in [4.78, 5) is 0.826. The molecule has 0 aliphatic heterocycles. The Hall–Kier alpha value is -6.38. The molecule has 0 saturated carbocycles. The molecule has 0 aliphatic rings. The summed E-state index contributed by atoms with van der Waals surface area (Å²) in [5.41, 5.74) is -0.0894. The number of nitrogens with zero attached hydrogens (tertiary/aromatic N) is 1. The molecule has 0 radical (unpaired) electrons. The van der Waals surface area contributed by atoms with Crippen LogP contribution in [0, 0.1) is 0 Å². The van der Waals surface area contributed by atoms with Crippen LogP contribution in [0.4, 0.5) is 17.1 Å². The van der Waals surface area contributed by atoms with E-state index in [1.54, 1.807) is 66.7 Å². The highest BCUT2D eigenvalue weighted by molar-refractivity contribution is 6.09. The summed E-state index contributed by atoms with van der Waals surface area (Å²) >= 11 is 0. The molecule has 2 heteroatoms.